The molecule has 0 aromatic heterocycles. The second-order valence-electron chi connectivity index (χ2n) is 3.85. The Morgan fingerprint density at radius 3 is 2.07 bits per heavy atom. The molecule has 0 spiro atoms. The summed E-state index contributed by atoms with van der Waals surface area (Å²) in [6.07, 6.45) is 3.12. The Morgan fingerprint density at radius 2 is 1.67 bits per heavy atom. The fourth-order valence-electron chi connectivity index (χ4n) is 2.02. The minimum Gasteiger partial charge on any atom is -0.386 e. The van der Waals surface area contributed by atoms with E-state index in [2.05, 4.69) is 9.98 Å². The molecule has 1 amide bonds. The first-order chi connectivity index (χ1) is 7.06. The number of carbonyl (C=O) groups is 1. The van der Waals surface area contributed by atoms with Gasteiger partial charge in [-0.25, -0.2) is 0 Å². The number of aliphatic imine (C=N–C) groups is 2. The van der Waals surface area contributed by atoms with Crippen LogP contribution >= 0.6 is 0 Å². The van der Waals surface area contributed by atoms with E-state index in [4.69, 9.17) is 11.5 Å². The summed E-state index contributed by atoms with van der Waals surface area (Å²) in [5.41, 5.74) is 10.5. The van der Waals surface area contributed by atoms with Gasteiger partial charge in [0, 0.05) is 0 Å². The van der Waals surface area contributed by atoms with Gasteiger partial charge in [0.25, 0.3) is 5.91 Å². The molecule has 0 aromatic carbocycles. The molecule has 84 valence electrons. The average Bonchev–Trinajstić information content (AvgIpc) is 2.14. The average molecular weight is 210 g/mol. The molecular formula is C10H18N4O. The number of amidine groups is 1. The van der Waals surface area contributed by atoms with E-state index >= 15 is 0 Å². The molecule has 1 aliphatic rings. The van der Waals surface area contributed by atoms with Crippen LogP contribution in [0.15, 0.2) is 9.98 Å². The fourth-order valence-corrected chi connectivity index (χ4v) is 2.02. The van der Waals surface area contributed by atoms with Crippen LogP contribution in [0.2, 0.25) is 0 Å². The molecule has 4 N–H and O–H groups in total. The van der Waals surface area contributed by atoms with E-state index in [0.717, 1.165) is 12.8 Å². The third-order valence-electron chi connectivity index (χ3n) is 2.70. The summed E-state index contributed by atoms with van der Waals surface area (Å²) in [5.74, 6) is 0.0558. The van der Waals surface area contributed by atoms with Gasteiger partial charge in [-0.2, -0.15) is 9.98 Å². The number of hydrogen-bond donors (Lipinski definition) is 2. The van der Waals surface area contributed by atoms with Crippen molar-refractivity contribution >= 4 is 17.7 Å². The molecule has 1 aliphatic heterocycles. The van der Waals surface area contributed by atoms with Gasteiger partial charge in [0.05, 0.1) is 0 Å². The van der Waals surface area contributed by atoms with Crippen molar-refractivity contribution in [1.29, 1.82) is 0 Å². The number of nitrogens with two attached hydrogens (primary N) is 2. The van der Waals surface area contributed by atoms with E-state index in [0.29, 0.717) is 18.7 Å². The van der Waals surface area contributed by atoms with Crippen molar-refractivity contribution in [3.63, 3.8) is 0 Å². The molecule has 0 aromatic rings. The van der Waals surface area contributed by atoms with Crippen molar-refractivity contribution < 1.29 is 4.79 Å². The van der Waals surface area contributed by atoms with Crippen molar-refractivity contribution in [1.82, 2.24) is 0 Å². The van der Waals surface area contributed by atoms with Gasteiger partial charge < -0.3 is 11.5 Å². The molecule has 0 atom stereocenters. The molecule has 0 fully saturated rings. The fraction of sp³-hybridized carbons (Fsp3) is 0.700. The van der Waals surface area contributed by atoms with E-state index in [-0.39, 0.29) is 11.9 Å². The predicted molar refractivity (Wildman–Crippen MR) is 60.5 cm³/mol. The van der Waals surface area contributed by atoms with Crippen molar-refractivity contribution in [2.45, 2.75) is 39.5 Å². The van der Waals surface area contributed by atoms with Gasteiger partial charge in [0.1, 0.15) is 11.3 Å². The molecule has 5 nitrogen and oxygen atoms in total. The van der Waals surface area contributed by atoms with Crippen LogP contribution < -0.4 is 11.5 Å². The first kappa shape index (κ1) is 11.7. The number of nitrogens with zero attached hydrogens (tertiary/aromatic N) is 2. The Hall–Kier alpha value is -1.39. The van der Waals surface area contributed by atoms with Gasteiger partial charge in [-0.3, -0.25) is 4.79 Å². The maximum Gasteiger partial charge on any atom is 0.262 e. The van der Waals surface area contributed by atoms with E-state index in [1.807, 2.05) is 13.8 Å². The number of amides is 1. The first-order valence-corrected chi connectivity index (χ1v) is 5.30. The first-order valence-electron chi connectivity index (χ1n) is 5.30. The minimum absolute atomic E-state index is 0.0275. The highest BCUT2D eigenvalue weighted by Gasteiger charge is 2.43. The Morgan fingerprint density at radius 1 is 1.13 bits per heavy atom. The normalized spacial score (nSPS) is 19.7. The van der Waals surface area contributed by atoms with Gasteiger partial charge >= 0.3 is 0 Å². The lowest BCUT2D eigenvalue weighted by molar-refractivity contribution is -0.124. The number of carbonyl (C=O) groups excluding carboxylic acids is 1. The van der Waals surface area contributed by atoms with Crippen molar-refractivity contribution in [3.05, 3.63) is 0 Å². The van der Waals surface area contributed by atoms with E-state index in [9.17, 15) is 4.79 Å². The molecule has 1 rings (SSSR count). The van der Waals surface area contributed by atoms with E-state index in [1.165, 1.54) is 0 Å². The van der Waals surface area contributed by atoms with Crippen molar-refractivity contribution in [2.24, 2.45) is 26.9 Å². The highest BCUT2D eigenvalue weighted by Crippen LogP contribution is 2.33. The minimum atomic E-state index is -0.702. The van der Waals surface area contributed by atoms with Crippen LogP contribution in [0.1, 0.15) is 39.5 Å². The molecular weight excluding hydrogens is 192 g/mol. The maximum absolute atomic E-state index is 11.9. The highest BCUT2D eigenvalue weighted by atomic mass is 16.1. The molecule has 0 radical (unpaired) electrons. The number of guanidine groups is 1. The molecule has 5 heteroatoms. The van der Waals surface area contributed by atoms with Crippen LogP contribution in [0.3, 0.4) is 0 Å². The summed E-state index contributed by atoms with van der Waals surface area (Å²) in [6.45, 7) is 4.03. The molecule has 15 heavy (non-hydrogen) atoms. The lowest BCUT2D eigenvalue weighted by Crippen LogP contribution is -2.47. The largest absolute Gasteiger partial charge is 0.386 e. The third-order valence-corrected chi connectivity index (χ3v) is 2.70. The van der Waals surface area contributed by atoms with Crippen LogP contribution in [0.4, 0.5) is 0 Å². The van der Waals surface area contributed by atoms with Gasteiger partial charge in [-0.15, -0.1) is 0 Å². The Kier molecular flexibility index (Phi) is 3.44. The second kappa shape index (κ2) is 4.42. The second-order valence-corrected chi connectivity index (χ2v) is 3.85. The van der Waals surface area contributed by atoms with Gasteiger partial charge in [0.2, 0.25) is 5.96 Å². The molecule has 0 unspecified atom stereocenters. The lowest BCUT2D eigenvalue weighted by Gasteiger charge is -2.31. The molecule has 0 aliphatic carbocycles. The third kappa shape index (κ3) is 2.00. The molecule has 1 heterocycles. The van der Waals surface area contributed by atoms with E-state index < -0.39 is 5.41 Å². The predicted octanol–water partition coefficient (Wildman–Crippen LogP) is 0.785. The number of rotatable bonds is 4. The van der Waals surface area contributed by atoms with Crippen LogP contribution in [-0.4, -0.2) is 17.7 Å². The van der Waals surface area contributed by atoms with Crippen LogP contribution in [0.25, 0.3) is 0 Å². The summed E-state index contributed by atoms with van der Waals surface area (Å²) in [5, 5.41) is 0. The standard InChI is InChI=1S/C10H18N4O/c1-3-5-10(6-4-2)7(11)13-9(12)14-8(10)15/h3-6H2,1-2H3,(H4,11,12,13,14,15). The summed E-state index contributed by atoms with van der Waals surface area (Å²) in [7, 11) is 0. The smallest absolute Gasteiger partial charge is 0.262 e. The van der Waals surface area contributed by atoms with Crippen molar-refractivity contribution in [2.75, 3.05) is 0 Å². The highest BCUT2D eigenvalue weighted by molar-refractivity contribution is 6.17. The van der Waals surface area contributed by atoms with Gasteiger partial charge in [-0.1, -0.05) is 26.7 Å². The summed E-state index contributed by atoms with van der Waals surface area (Å²) >= 11 is 0. The molecule has 0 bridgehead atoms. The van der Waals surface area contributed by atoms with Crippen LogP contribution in [0.5, 0.6) is 0 Å². The topological polar surface area (TPSA) is 93.8 Å². The summed E-state index contributed by atoms with van der Waals surface area (Å²) < 4.78 is 0. The molecule has 0 saturated heterocycles. The van der Waals surface area contributed by atoms with E-state index in [1.54, 1.807) is 0 Å². The Bertz CT molecular complexity index is 313. The lowest BCUT2D eigenvalue weighted by atomic mass is 9.77. The number of hydrogen-bond acceptors (Lipinski definition) is 4. The van der Waals surface area contributed by atoms with Gasteiger partial charge in [0.15, 0.2) is 0 Å². The quantitative estimate of drug-likeness (QED) is 0.718. The SMILES string of the molecule is CCCC1(CCC)C(=O)N=C(N)N=C1N. The van der Waals surface area contributed by atoms with Crippen LogP contribution in [-0.2, 0) is 4.79 Å². The zero-order valence-electron chi connectivity index (χ0n) is 9.29. The Balaban J connectivity index is 3.07. The zero-order valence-corrected chi connectivity index (χ0v) is 9.29. The zero-order chi connectivity index (χ0) is 11.5. The summed E-state index contributed by atoms with van der Waals surface area (Å²) in [6, 6.07) is 0. The maximum atomic E-state index is 11.9. The summed E-state index contributed by atoms with van der Waals surface area (Å²) in [4.78, 5) is 19.5. The van der Waals surface area contributed by atoms with Gasteiger partial charge in [-0.05, 0) is 12.8 Å². The van der Waals surface area contributed by atoms with Crippen LogP contribution in [0, 0.1) is 5.41 Å². The monoisotopic (exact) mass is 210 g/mol. The Labute approximate surface area is 89.6 Å². The van der Waals surface area contributed by atoms with Crippen molar-refractivity contribution in [3.8, 4) is 0 Å². The molecule has 0 saturated carbocycles.